The number of benzene rings is 1. The predicted octanol–water partition coefficient (Wildman–Crippen LogP) is 3.08. The van der Waals surface area contributed by atoms with Crippen LogP contribution in [0.4, 0.5) is 13.2 Å². The highest BCUT2D eigenvalue weighted by molar-refractivity contribution is 6.30. The van der Waals surface area contributed by atoms with E-state index in [1.165, 1.54) is 6.20 Å². The highest BCUT2D eigenvalue weighted by Gasteiger charge is 2.70. The summed E-state index contributed by atoms with van der Waals surface area (Å²) >= 11 is 5.97. The minimum absolute atomic E-state index is 0.137. The van der Waals surface area contributed by atoms with Gasteiger partial charge in [0.05, 0.1) is 30.6 Å². The van der Waals surface area contributed by atoms with Gasteiger partial charge in [0.15, 0.2) is 11.9 Å². The third-order valence-corrected chi connectivity index (χ3v) is 6.62. The van der Waals surface area contributed by atoms with Crippen LogP contribution in [0.15, 0.2) is 30.6 Å². The van der Waals surface area contributed by atoms with Gasteiger partial charge in [0.25, 0.3) is 5.91 Å². The van der Waals surface area contributed by atoms with Crippen LogP contribution in [-0.4, -0.2) is 52.0 Å². The van der Waals surface area contributed by atoms with E-state index < -0.39 is 25.2 Å². The van der Waals surface area contributed by atoms with E-state index in [0.717, 1.165) is 0 Å². The second-order valence-corrected chi connectivity index (χ2v) is 9.26. The van der Waals surface area contributed by atoms with E-state index >= 15 is 0 Å². The van der Waals surface area contributed by atoms with Gasteiger partial charge in [0.1, 0.15) is 12.4 Å². The zero-order chi connectivity index (χ0) is 23.4. The van der Waals surface area contributed by atoms with Crippen molar-refractivity contribution >= 4 is 17.5 Å². The lowest BCUT2D eigenvalue weighted by Crippen LogP contribution is -2.79. The van der Waals surface area contributed by atoms with Crippen molar-refractivity contribution in [2.45, 2.75) is 55.3 Å². The average molecular weight is 488 g/mol. The molecule has 1 aromatic carbocycles. The number of ether oxygens (including phenoxy) is 3. The minimum atomic E-state index is -4.68. The maximum atomic E-state index is 12.8. The summed E-state index contributed by atoms with van der Waals surface area (Å²) in [4.78, 5) is 12.8. The van der Waals surface area contributed by atoms with Gasteiger partial charge in [-0.3, -0.25) is 14.2 Å². The summed E-state index contributed by atoms with van der Waals surface area (Å²) in [5.74, 6) is 0.515. The molecular weight excluding hydrogens is 467 g/mol. The zero-order valence-corrected chi connectivity index (χ0v) is 18.0. The van der Waals surface area contributed by atoms with Crippen molar-refractivity contribution in [1.82, 2.24) is 15.1 Å². The molecule has 2 bridgehead atoms. The van der Waals surface area contributed by atoms with Crippen molar-refractivity contribution in [2.24, 2.45) is 0 Å². The quantitative estimate of drug-likeness (QED) is 0.583. The lowest BCUT2D eigenvalue weighted by Gasteiger charge is -2.70. The minimum Gasteiger partial charge on any atom is -0.488 e. The number of carbonyl (C=O) groups is 1. The number of aliphatic hydroxyl groups is 1. The summed E-state index contributed by atoms with van der Waals surface area (Å²) in [7, 11) is 0. The molecule has 1 aliphatic heterocycles. The molecule has 178 valence electrons. The molecular formula is C21H21ClF3N3O5. The van der Waals surface area contributed by atoms with Gasteiger partial charge in [-0.1, -0.05) is 11.6 Å². The Morgan fingerprint density at radius 1 is 1.33 bits per heavy atom. The molecule has 3 aliphatic carbocycles. The third-order valence-electron chi connectivity index (χ3n) is 6.38. The standard InChI is InChI=1S/C21H21ClF3N3O5/c22-12-1-2-16-14(5-12)15(29)6-17(33-16)18(30)27-19-9-20(10-19,11-19)28-8-13(7-26-28)31-3-4-32-21(23,24)25/h1-2,5,7-8,15,17,29H,3-4,6,9-11H2,(H,27,30)/t15-,17+,19?,20?/m0/s1. The molecule has 2 aromatic rings. The Balaban J connectivity index is 1.12. The molecule has 2 N–H and O–H groups in total. The maximum Gasteiger partial charge on any atom is 0.522 e. The number of fused-ring (bicyclic) bond motifs is 1. The number of amides is 1. The number of aliphatic hydroxyl groups excluding tert-OH is 1. The summed E-state index contributed by atoms with van der Waals surface area (Å²) in [5, 5.41) is 18.2. The Kier molecular flexibility index (Phi) is 5.26. The van der Waals surface area contributed by atoms with E-state index in [4.69, 9.17) is 21.1 Å². The highest BCUT2D eigenvalue weighted by atomic mass is 35.5. The fourth-order valence-electron chi connectivity index (χ4n) is 4.99. The molecule has 0 spiro atoms. The number of aromatic nitrogens is 2. The second-order valence-electron chi connectivity index (χ2n) is 8.83. The number of carbonyl (C=O) groups excluding carboxylic acids is 1. The Morgan fingerprint density at radius 2 is 2.09 bits per heavy atom. The van der Waals surface area contributed by atoms with Crippen molar-refractivity contribution in [3.8, 4) is 11.5 Å². The lowest BCUT2D eigenvalue weighted by molar-refractivity contribution is -0.325. The molecule has 3 fully saturated rings. The number of alkyl halides is 3. The maximum absolute atomic E-state index is 12.8. The Hall–Kier alpha value is -2.50. The summed E-state index contributed by atoms with van der Waals surface area (Å²) in [6, 6.07) is 4.92. The van der Waals surface area contributed by atoms with Crippen molar-refractivity contribution in [3.63, 3.8) is 0 Å². The molecule has 33 heavy (non-hydrogen) atoms. The lowest BCUT2D eigenvalue weighted by atomic mass is 9.44. The van der Waals surface area contributed by atoms with Gasteiger partial charge in [0.2, 0.25) is 0 Å². The van der Waals surface area contributed by atoms with Crippen LogP contribution in [0.1, 0.15) is 37.4 Å². The Morgan fingerprint density at radius 3 is 2.82 bits per heavy atom. The summed E-state index contributed by atoms with van der Waals surface area (Å²) in [5.41, 5.74) is -0.0231. The third kappa shape index (κ3) is 4.24. The first-order chi connectivity index (χ1) is 15.6. The first kappa shape index (κ1) is 22.3. The van der Waals surface area contributed by atoms with E-state index in [2.05, 4.69) is 15.2 Å². The number of nitrogens with one attached hydrogen (secondary N) is 1. The van der Waals surface area contributed by atoms with E-state index in [-0.39, 0.29) is 30.0 Å². The SMILES string of the molecule is O=C(NC12CC(n3cc(OCCOC(F)(F)F)cn3)(C1)C2)[C@H]1C[C@H](O)c2cc(Cl)ccc2O1. The van der Waals surface area contributed by atoms with Gasteiger partial charge in [0, 0.05) is 22.5 Å². The number of hydrogen-bond acceptors (Lipinski definition) is 6. The van der Waals surface area contributed by atoms with E-state index in [1.54, 1.807) is 29.1 Å². The molecule has 6 rings (SSSR count). The van der Waals surface area contributed by atoms with Crippen LogP contribution in [0.2, 0.25) is 5.02 Å². The summed E-state index contributed by atoms with van der Waals surface area (Å²) < 4.78 is 52.4. The van der Waals surface area contributed by atoms with Crippen LogP contribution in [-0.2, 0) is 15.1 Å². The van der Waals surface area contributed by atoms with Gasteiger partial charge in [-0.25, -0.2) is 0 Å². The Bertz CT molecular complexity index is 1060. The highest BCUT2D eigenvalue weighted by Crippen LogP contribution is 2.65. The molecule has 2 atom stereocenters. The van der Waals surface area contributed by atoms with Crippen molar-refractivity contribution in [3.05, 3.63) is 41.2 Å². The van der Waals surface area contributed by atoms with Crippen molar-refractivity contribution in [2.75, 3.05) is 13.2 Å². The van der Waals surface area contributed by atoms with Gasteiger partial charge in [-0.05, 0) is 37.5 Å². The van der Waals surface area contributed by atoms with Crippen LogP contribution in [0.3, 0.4) is 0 Å². The summed E-state index contributed by atoms with van der Waals surface area (Å²) in [6.07, 6.45) is -1.09. The number of rotatable bonds is 7. The van der Waals surface area contributed by atoms with E-state index in [1.807, 2.05) is 0 Å². The molecule has 1 amide bonds. The van der Waals surface area contributed by atoms with Gasteiger partial charge in [-0.2, -0.15) is 5.10 Å². The van der Waals surface area contributed by atoms with Crippen LogP contribution in [0.25, 0.3) is 0 Å². The normalized spacial score (nSPS) is 29.8. The largest absolute Gasteiger partial charge is 0.522 e. The fraction of sp³-hybridized carbons (Fsp3) is 0.524. The molecule has 3 saturated carbocycles. The molecule has 0 saturated heterocycles. The van der Waals surface area contributed by atoms with E-state index in [9.17, 15) is 23.1 Å². The number of halogens is 4. The first-order valence-electron chi connectivity index (χ1n) is 10.4. The monoisotopic (exact) mass is 487 g/mol. The van der Waals surface area contributed by atoms with Crippen LogP contribution >= 0.6 is 11.6 Å². The van der Waals surface area contributed by atoms with E-state index in [0.29, 0.717) is 41.3 Å². The molecule has 1 aromatic heterocycles. The predicted molar refractivity (Wildman–Crippen MR) is 108 cm³/mol. The topological polar surface area (TPSA) is 94.8 Å². The molecule has 8 nitrogen and oxygen atoms in total. The number of hydrogen-bond donors (Lipinski definition) is 2. The Labute approximate surface area is 191 Å². The van der Waals surface area contributed by atoms with Crippen molar-refractivity contribution < 1.29 is 37.3 Å². The zero-order valence-electron chi connectivity index (χ0n) is 17.3. The second kappa shape index (κ2) is 7.78. The summed E-state index contributed by atoms with van der Waals surface area (Å²) in [6.45, 7) is -0.856. The van der Waals surface area contributed by atoms with Gasteiger partial charge >= 0.3 is 6.36 Å². The first-order valence-corrected chi connectivity index (χ1v) is 10.8. The number of nitrogens with zero attached hydrogens (tertiary/aromatic N) is 2. The van der Waals surface area contributed by atoms with Gasteiger partial charge < -0.3 is 19.9 Å². The van der Waals surface area contributed by atoms with Gasteiger partial charge in [-0.15, -0.1) is 13.2 Å². The van der Waals surface area contributed by atoms with Crippen LogP contribution in [0, 0.1) is 0 Å². The van der Waals surface area contributed by atoms with Crippen molar-refractivity contribution in [1.29, 1.82) is 0 Å². The van der Waals surface area contributed by atoms with Crippen LogP contribution in [0.5, 0.6) is 11.5 Å². The average Bonchev–Trinajstić information content (AvgIpc) is 3.15. The fourth-order valence-corrected chi connectivity index (χ4v) is 5.17. The van der Waals surface area contributed by atoms with Crippen LogP contribution < -0.4 is 14.8 Å². The molecule has 4 aliphatic rings. The molecule has 0 radical (unpaired) electrons. The molecule has 0 unspecified atom stereocenters. The smallest absolute Gasteiger partial charge is 0.488 e. The molecule has 12 heteroatoms. The molecule has 2 heterocycles.